The molecule has 138 valence electrons. The first-order valence-electron chi connectivity index (χ1n) is 9.50. The van der Waals surface area contributed by atoms with Gasteiger partial charge in [-0.2, -0.15) is 5.10 Å². The summed E-state index contributed by atoms with van der Waals surface area (Å²) in [5, 5.41) is 4.29. The maximum atomic E-state index is 13.5. The molecular formula is C20H22N6O. The number of piperidine rings is 1. The van der Waals surface area contributed by atoms with Gasteiger partial charge in [0.1, 0.15) is 11.4 Å². The SMILES string of the molecule is Cc1ncc2c(n1)[C@]1(C)CCCN(C(=O)c3cnn4cccnc34)C1CC2. The van der Waals surface area contributed by atoms with E-state index in [1.54, 1.807) is 16.9 Å². The van der Waals surface area contributed by atoms with Crippen molar-refractivity contribution in [1.29, 1.82) is 0 Å². The molecule has 7 nitrogen and oxygen atoms in total. The molecule has 4 heterocycles. The Bertz CT molecular complexity index is 1040. The van der Waals surface area contributed by atoms with Gasteiger partial charge in [0.25, 0.3) is 5.91 Å². The highest BCUT2D eigenvalue weighted by molar-refractivity contribution is 6.00. The standard InChI is InChI=1S/C20H22N6O/c1-13-22-11-14-5-6-16-20(2,17(14)24-13)7-3-9-25(16)19(27)15-12-23-26-10-4-8-21-18(15)26/h4,8,10-12,16H,3,5-7,9H2,1-2H3/t16?,20-/m1/s1. The monoisotopic (exact) mass is 362 g/mol. The molecule has 0 spiro atoms. The van der Waals surface area contributed by atoms with Crippen molar-refractivity contribution in [3.05, 3.63) is 53.5 Å². The summed E-state index contributed by atoms with van der Waals surface area (Å²) in [4.78, 5) is 29.0. The average molecular weight is 362 g/mol. The van der Waals surface area contributed by atoms with Crippen molar-refractivity contribution >= 4 is 11.6 Å². The lowest BCUT2D eigenvalue weighted by Gasteiger charge is -2.51. The fourth-order valence-corrected chi connectivity index (χ4v) is 4.87. The van der Waals surface area contributed by atoms with Crippen LogP contribution in [0, 0.1) is 6.92 Å². The van der Waals surface area contributed by atoms with Gasteiger partial charge in [-0.15, -0.1) is 0 Å². The molecule has 2 atom stereocenters. The number of aryl methyl sites for hydroxylation is 2. The van der Waals surface area contributed by atoms with Crippen molar-refractivity contribution in [2.45, 2.75) is 51.0 Å². The highest BCUT2D eigenvalue weighted by Gasteiger charge is 2.48. The lowest BCUT2D eigenvalue weighted by molar-refractivity contribution is 0.0380. The Morgan fingerprint density at radius 2 is 2.19 bits per heavy atom. The van der Waals surface area contributed by atoms with E-state index in [2.05, 4.69) is 22.0 Å². The molecule has 1 aliphatic carbocycles. The van der Waals surface area contributed by atoms with Gasteiger partial charge in [0.15, 0.2) is 5.65 Å². The highest BCUT2D eigenvalue weighted by Crippen LogP contribution is 2.45. The van der Waals surface area contributed by atoms with E-state index in [1.165, 1.54) is 5.56 Å². The number of rotatable bonds is 1. The second kappa shape index (κ2) is 5.84. The van der Waals surface area contributed by atoms with Crippen LogP contribution in [0.25, 0.3) is 5.65 Å². The molecular weight excluding hydrogens is 340 g/mol. The molecule has 2 aliphatic rings. The Hall–Kier alpha value is -2.83. The molecule has 3 aromatic rings. The third kappa shape index (κ3) is 2.37. The van der Waals surface area contributed by atoms with E-state index in [4.69, 9.17) is 4.98 Å². The molecule has 0 radical (unpaired) electrons. The Morgan fingerprint density at radius 1 is 1.30 bits per heavy atom. The fraction of sp³-hybridized carbons (Fsp3) is 0.450. The quantitative estimate of drug-likeness (QED) is 0.664. The van der Waals surface area contributed by atoms with Crippen LogP contribution >= 0.6 is 0 Å². The molecule has 0 aromatic carbocycles. The van der Waals surface area contributed by atoms with E-state index in [-0.39, 0.29) is 17.4 Å². The van der Waals surface area contributed by atoms with E-state index in [0.717, 1.165) is 43.7 Å². The molecule has 27 heavy (non-hydrogen) atoms. The molecule has 1 amide bonds. The van der Waals surface area contributed by atoms with Crippen LogP contribution in [0.1, 0.15) is 53.6 Å². The number of carbonyl (C=O) groups is 1. The van der Waals surface area contributed by atoms with E-state index in [0.29, 0.717) is 11.2 Å². The lowest BCUT2D eigenvalue weighted by atomic mass is 9.65. The number of likely N-dealkylation sites (tertiary alicyclic amines) is 1. The summed E-state index contributed by atoms with van der Waals surface area (Å²) in [6, 6.07) is 1.95. The largest absolute Gasteiger partial charge is 0.335 e. The van der Waals surface area contributed by atoms with Crippen LogP contribution in [-0.2, 0) is 11.8 Å². The van der Waals surface area contributed by atoms with Crippen molar-refractivity contribution in [3.63, 3.8) is 0 Å². The minimum atomic E-state index is -0.133. The number of aromatic nitrogens is 5. The second-order valence-electron chi connectivity index (χ2n) is 7.81. The van der Waals surface area contributed by atoms with Crippen LogP contribution in [0.5, 0.6) is 0 Å². The first-order valence-corrected chi connectivity index (χ1v) is 9.50. The summed E-state index contributed by atoms with van der Waals surface area (Å²) in [5.41, 5.74) is 3.41. The number of fused-ring (bicyclic) bond motifs is 4. The van der Waals surface area contributed by atoms with Gasteiger partial charge >= 0.3 is 0 Å². The highest BCUT2D eigenvalue weighted by atomic mass is 16.2. The van der Waals surface area contributed by atoms with Crippen molar-refractivity contribution < 1.29 is 4.79 Å². The van der Waals surface area contributed by atoms with Gasteiger partial charge in [0.2, 0.25) is 0 Å². The van der Waals surface area contributed by atoms with Crippen LogP contribution < -0.4 is 0 Å². The zero-order valence-corrected chi connectivity index (χ0v) is 15.6. The summed E-state index contributed by atoms with van der Waals surface area (Å²) < 4.78 is 1.66. The van der Waals surface area contributed by atoms with Gasteiger partial charge in [-0.05, 0) is 44.2 Å². The molecule has 3 aromatic heterocycles. The molecule has 5 rings (SSSR count). The van der Waals surface area contributed by atoms with Gasteiger partial charge in [-0.3, -0.25) is 4.79 Å². The Kier molecular flexibility index (Phi) is 3.54. The van der Waals surface area contributed by atoms with Crippen molar-refractivity contribution in [1.82, 2.24) is 29.5 Å². The number of nitrogens with zero attached hydrogens (tertiary/aromatic N) is 6. The van der Waals surface area contributed by atoms with E-state index in [1.807, 2.05) is 30.3 Å². The predicted molar refractivity (Wildman–Crippen MR) is 99.5 cm³/mol. The third-order valence-corrected chi connectivity index (χ3v) is 6.19. The fourth-order valence-electron chi connectivity index (χ4n) is 4.87. The summed E-state index contributed by atoms with van der Waals surface area (Å²) in [6.45, 7) is 4.96. The van der Waals surface area contributed by atoms with E-state index < -0.39 is 0 Å². The maximum absolute atomic E-state index is 13.5. The van der Waals surface area contributed by atoms with E-state index >= 15 is 0 Å². The molecule has 1 fully saturated rings. The lowest BCUT2D eigenvalue weighted by Crippen LogP contribution is -2.57. The molecule has 7 heteroatoms. The summed E-state index contributed by atoms with van der Waals surface area (Å²) in [5.74, 6) is 0.819. The van der Waals surface area contributed by atoms with Crippen molar-refractivity contribution in [2.75, 3.05) is 6.54 Å². The minimum Gasteiger partial charge on any atom is -0.335 e. The van der Waals surface area contributed by atoms with E-state index in [9.17, 15) is 4.79 Å². The summed E-state index contributed by atoms with van der Waals surface area (Å²) in [7, 11) is 0. The number of amides is 1. The van der Waals surface area contributed by atoms with Gasteiger partial charge in [-0.1, -0.05) is 6.92 Å². The normalized spacial score (nSPS) is 24.5. The Labute approximate surface area is 157 Å². The molecule has 1 aliphatic heterocycles. The Morgan fingerprint density at radius 3 is 3.07 bits per heavy atom. The molecule has 0 bridgehead atoms. The average Bonchev–Trinajstić information content (AvgIpc) is 3.11. The minimum absolute atomic E-state index is 0.0221. The van der Waals surface area contributed by atoms with Crippen molar-refractivity contribution in [3.8, 4) is 0 Å². The second-order valence-corrected chi connectivity index (χ2v) is 7.81. The van der Waals surface area contributed by atoms with Crippen LogP contribution in [0.2, 0.25) is 0 Å². The molecule has 0 saturated carbocycles. The van der Waals surface area contributed by atoms with Gasteiger partial charge in [-0.25, -0.2) is 19.5 Å². The zero-order chi connectivity index (χ0) is 18.6. The van der Waals surface area contributed by atoms with Crippen LogP contribution in [0.3, 0.4) is 0 Å². The summed E-state index contributed by atoms with van der Waals surface area (Å²) in [6.07, 6.45) is 11.0. The molecule has 1 saturated heterocycles. The first-order chi connectivity index (χ1) is 13.1. The maximum Gasteiger partial charge on any atom is 0.259 e. The number of carbonyl (C=O) groups excluding carboxylic acids is 1. The first kappa shape index (κ1) is 16.4. The van der Waals surface area contributed by atoms with Crippen LogP contribution in [0.15, 0.2) is 30.9 Å². The van der Waals surface area contributed by atoms with Crippen LogP contribution in [0.4, 0.5) is 0 Å². The number of hydrogen-bond acceptors (Lipinski definition) is 5. The van der Waals surface area contributed by atoms with Gasteiger partial charge in [0, 0.05) is 36.6 Å². The van der Waals surface area contributed by atoms with Gasteiger partial charge < -0.3 is 4.90 Å². The molecule has 0 N–H and O–H groups in total. The smallest absolute Gasteiger partial charge is 0.259 e. The zero-order valence-electron chi connectivity index (χ0n) is 15.6. The predicted octanol–water partition coefficient (Wildman–Crippen LogP) is 2.34. The number of hydrogen-bond donors (Lipinski definition) is 0. The third-order valence-electron chi connectivity index (χ3n) is 6.19. The van der Waals surface area contributed by atoms with Crippen molar-refractivity contribution in [2.24, 2.45) is 0 Å². The van der Waals surface area contributed by atoms with Gasteiger partial charge in [0.05, 0.1) is 11.9 Å². The topological polar surface area (TPSA) is 76.3 Å². The molecule has 1 unspecified atom stereocenters. The Balaban J connectivity index is 1.56. The van der Waals surface area contributed by atoms with Crippen LogP contribution in [-0.4, -0.2) is 48.0 Å². The summed E-state index contributed by atoms with van der Waals surface area (Å²) >= 11 is 0.